The number of hydrogen-bond donors (Lipinski definition) is 2. The fraction of sp³-hybridized carbons (Fsp3) is 0.800. The zero-order valence-electron chi connectivity index (χ0n) is 20.2. The van der Waals surface area contributed by atoms with Gasteiger partial charge < -0.3 is 19.7 Å². The van der Waals surface area contributed by atoms with Crippen molar-refractivity contribution in [2.75, 3.05) is 0 Å². The van der Waals surface area contributed by atoms with Crippen LogP contribution < -0.4 is 0 Å². The molecule has 2 N–H and O–H groups in total. The zero-order valence-corrected chi connectivity index (χ0v) is 20.2. The number of carbonyl (C=O) groups is 3. The molecule has 0 spiro atoms. The van der Waals surface area contributed by atoms with E-state index in [9.17, 15) is 19.5 Å². The van der Waals surface area contributed by atoms with Gasteiger partial charge in [-0.2, -0.15) is 0 Å². The molecule has 0 amide bonds. The van der Waals surface area contributed by atoms with Crippen LogP contribution in [0.3, 0.4) is 0 Å². The Hall–Kier alpha value is -1.89. The molecule has 0 aliphatic heterocycles. The number of ketones is 1. The van der Waals surface area contributed by atoms with E-state index in [0.29, 0.717) is 19.3 Å². The van der Waals surface area contributed by atoms with Gasteiger partial charge in [-0.1, -0.05) is 57.6 Å². The standard InChI is InChI=1S/C25H42O7/c1-5-6-9-12-18(26)15-16-20-19(13-10-7-8-11-14-23(28)29)21(27)17-22(20)31-24(30)32-25(2,3)4/h15-16,18-20,22,26H,5-14,17H2,1-4H3,(H,28,29)/b16-15+/t18-,19+,20+,22+/m0/s1. The summed E-state index contributed by atoms with van der Waals surface area (Å²) in [6.07, 6.45) is 9.37. The van der Waals surface area contributed by atoms with Crippen LogP contribution in [0.15, 0.2) is 12.2 Å². The fourth-order valence-electron chi connectivity index (χ4n) is 4.04. The van der Waals surface area contributed by atoms with Crippen molar-refractivity contribution in [3.63, 3.8) is 0 Å². The Morgan fingerprint density at radius 3 is 2.44 bits per heavy atom. The van der Waals surface area contributed by atoms with Crippen LogP contribution >= 0.6 is 0 Å². The highest BCUT2D eigenvalue weighted by Crippen LogP contribution is 2.37. The quantitative estimate of drug-likeness (QED) is 0.204. The van der Waals surface area contributed by atoms with Crippen LogP contribution in [0.4, 0.5) is 4.79 Å². The molecule has 1 saturated carbocycles. The Balaban J connectivity index is 2.75. The Bertz CT molecular complexity index is 620. The molecule has 0 unspecified atom stereocenters. The summed E-state index contributed by atoms with van der Waals surface area (Å²) in [5.74, 6) is -1.31. The zero-order chi connectivity index (χ0) is 24.1. The number of hydrogen-bond acceptors (Lipinski definition) is 6. The molecule has 0 aromatic heterocycles. The molecule has 1 aliphatic rings. The van der Waals surface area contributed by atoms with Crippen molar-refractivity contribution < 1.29 is 34.1 Å². The lowest BCUT2D eigenvalue weighted by atomic mass is 9.88. The molecule has 1 aliphatic carbocycles. The minimum Gasteiger partial charge on any atom is -0.481 e. The smallest absolute Gasteiger partial charge is 0.481 e. The molecule has 7 heteroatoms. The number of aliphatic carboxylic acids is 1. The van der Waals surface area contributed by atoms with Gasteiger partial charge in [0.2, 0.25) is 0 Å². The molecular formula is C25H42O7. The first-order valence-corrected chi connectivity index (χ1v) is 12.0. The van der Waals surface area contributed by atoms with Gasteiger partial charge in [-0.3, -0.25) is 9.59 Å². The Kier molecular flexibility index (Phi) is 12.6. The molecule has 0 heterocycles. The highest BCUT2D eigenvalue weighted by molar-refractivity contribution is 5.85. The van der Waals surface area contributed by atoms with E-state index >= 15 is 0 Å². The molecule has 0 radical (unpaired) electrons. The van der Waals surface area contributed by atoms with E-state index in [2.05, 4.69) is 6.92 Å². The lowest BCUT2D eigenvalue weighted by Gasteiger charge is -2.24. The van der Waals surface area contributed by atoms with Crippen LogP contribution in [0, 0.1) is 11.8 Å². The van der Waals surface area contributed by atoms with Crippen molar-refractivity contribution in [1.82, 2.24) is 0 Å². The summed E-state index contributed by atoms with van der Waals surface area (Å²) in [6, 6.07) is 0. The number of Topliss-reactive ketones (excluding diaryl/α,β-unsaturated/α-hetero) is 1. The van der Waals surface area contributed by atoms with E-state index in [1.54, 1.807) is 26.8 Å². The molecule has 0 saturated heterocycles. The van der Waals surface area contributed by atoms with E-state index in [1.165, 1.54) is 0 Å². The third-order valence-electron chi connectivity index (χ3n) is 5.66. The number of rotatable bonds is 14. The number of ether oxygens (including phenoxy) is 2. The normalized spacial score (nSPS) is 22.3. The summed E-state index contributed by atoms with van der Waals surface area (Å²) in [6.45, 7) is 7.37. The first-order valence-electron chi connectivity index (χ1n) is 12.0. The van der Waals surface area contributed by atoms with Gasteiger partial charge in [-0.15, -0.1) is 0 Å². The first kappa shape index (κ1) is 28.1. The largest absolute Gasteiger partial charge is 0.509 e. The second kappa shape index (κ2) is 14.3. The van der Waals surface area contributed by atoms with Crippen LogP contribution in [0.1, 0.15) is 98.3 Å². The monoisotopic (exact) mass is 454 g/mol. The number of carbonyl (C=O) groups excluding carboxylic acids is 2. The van der Waals surface area contributed by atoms with Gasteiger partial charge in [-0.25, -0.2) is 4.79 Å². The Morgan fingerprint density at radius 1 is 1.12 bits per heavy atom. The van der Waals surface area contributed by atoms with Gasteiger partial charge in [0.1, 0.15) is 17.5 Å². The van der Waals surface area contributed by atoms with E-state index in [0.717, 1.165) is 38.5 Å². The maximum Gasteiger partial charge on any atom is 0.509 e. The highest BCUT2D eigenvalue weighted by atomic mass is 16.7. The molecule has 0 aromatic rings. The van der Waals surface area contributed by atoms with Gasteiger partial charge in [0, 0.05) is 24.7 Å². The lowest BCUT2D eigenvalue weighted by Crippen LogP contribution is -2.30. The van der Waals surface area contributed by atoms with Crippen molar-refractivity contribution in [3.8, 4) is 0 Å². The summed E-state index contributed by atoms with van der Waals surface area (Å²) < 4.78 is 10.8. The third-order valence-corrected chi connectivity index (χ3v) is 5.66. The maximum atomic E-state index is 12.7. The van der Waals surface area contributed by atoms with E-state index in [4.69, 9.17) is 14.6 Å². The molecule has 32 heavy (non-hydrogen) atoms. The lowest BCUT2D eigenvalue weighted by molar-refractivity contribution is -0.137. The van der Waals surface area contributed by atoms with Crippen molar-refractivity contribution in [3.05, 3.63) is 12.2 Å². The van der Waals surface area contributed by atoms with Gasteiger partial charge in [0.15, 0.2) is 0 Å². The van der Waals surface area contributed by atoms with Gasteiger partial charge in [0.25, 0.3) is 0 Å². The van der Waals surface area contributed by atoms with Crippen LogP contribution in [-0.2, 0) is 19.1 Å². The fourth-order valence-corrected chi connectivity index (χ4v) is 4.04. The predicted octanol–water partition coefficient (Wildman–Crippen LogP) is 5.43. The number of aliphatic hydroxyl groups excluding tert-OH is 1. The van der Waals surface area contributed by atoms with Crippen LogP contribution in [-0.4, -0.2) is 45.9 Å². The van der Waals surface area contributed by atoms with Crippen LogP contribution in [0.2, 0.25) is 0 Å². The van der Waals surface area contributed by atoms with Crippen LogP contribution in [0.5, 0.6) is 0 Å². The molecule has 1 fully saturated rings. The molecule has 1 rings (SSSR count). The highest BCUT2D eigenvalue weighted by Gasteiger charge is 2.43. The average molecular weight is 455 g/mol. The number of carboxylic acids is 1. The number of carboxylic acid groups (broad SMARTS) is 1. The van der Waals surface area contributed by atoms with E-state index < -0.39 is 29.9 Å². The molecule has 0 bridgehead atoms. The summed E-state index contributed by atoms with van der Waals surface area (Å²) in [5, 5.41) is 19.0. The summed E-state index contributed by atoms with van der Waals surface area (Å²) >= 11 is 0. The van der Waals surface area contributed by atoms with E-state index in [1.807, 2.05) is 6.08 Å². The third kappa shape index (κ3) is 11.7. The second-order valence-corrected chi connectivity index (χ2v) is 9.77. The summed E-state index contributed by atoms with van der Waals surface area (Å²) in [4.78, 5) is 35.5. The molecule has 184 valence electrons. The van der Waals surface area contributed by atoms with Crippen molar-refractivity contribution in [1.29, 1.82) is 0 Å². The summed E-state index contributed by atoms with van der Waals surface area (Å²) in [5.41, 5.74) is -0.685. The van der Waals surface area contributed by atoms with Crippen molar-refractivity contribution in [2.24, 2.45) is 11.8 Å². The topological polar surface area (TPSA) is 110 Å². The number of aliphatic hydroxyl groups is 1. The van der Waals surface area contributed by atoms with Gasteiger partial charge >= 0.3 is 12.1 Å². The minimum absolute atomic E-state index is 0.0548. The van der Waals surface area contributed by atoms with Crippen molar-refractivity contribution in [2.45, 2.75) is 116 Å². The van der Waals surface area contributed by atoms with E-state index in [-0.39, 0.29) is 30.5 Å². The van der Waals surface area contributed by atoms with Gasteiger partial charge in [-0.05, 0) is 40.0 Å². The second-order valence-electron chi connectivity index (χ2n) is 9.77. The molecule has 7 nitrogen and oxygen atoms in total. The Morgan fingerprint density at radius 2 is 1.81 bits per heavy atom. The van der Waals surface area contributed by atoms with Crippen LogP contribution in [0.25, 0.3) is 0 Å². The minimum atomic E-state index is -0.791. The van der Waals surface area contributed by atoms with Gasteiger partial charge in [0.05, 0.1) is 6.10 Å². The molecular weight excluding hydrogens is 412 g/mol. The SMILES string of the molecule is CCCCC[C@H](O)/C=C/[C@H]1[C@H](OC(=O)OC(C)(C)C)CC(=O)[C@@H]1CCCCCCC(=O)O. The number of unbranched alkanes of at least 4 members (excludes halogenated alkanes) is 5. The molecule has 4 atom stereocenters. The first-order chi connectivity index (χ1) is 15.0. The maximum absolute atomic E-state index is 12.7. The Labute approximate surface area is 192 Å². The predicted molar refractivity (Wildman–Crippen MR) is 122 cm³/mol. The average Bonchev–Trinajstić information content (AvgIpc) is 2.95. The van der Waals surface area contributed by atoms with Crippen molar-refractivity contribution >= 4 is 17.9 Å². The molecule has 0 aromatic carbocycles. The summed E-state index contributed by atoms with van der Waals surface area (Å²) in [7, 11) is 0.